The first-order valence-electron chi connectivity index (χ1n) is 6.82. The van der Waals surface area contributed by atoms with Crippen LogP contribution in [-0.2, 0) is 0 Å². The Labute approximate surface area is 129 Å². The second kappa shape index (κ2) is 3.89. The molecule has 0 radical (unpaired) electrons. The molecule has 0 atom stereocenters. The first kappa shape index (κ1) is 11.4. The predicted molar refractivity (Wildman–Crippen MR) is 89.2 cm³/mol. The number of halogens is 1. The van der Waals surface area contributed by atoms with Gasteiger partial charge in [0.2, 0.25) is 0 Å². The van der Waals surface area contributed by atoms with E-state index in [2.05, 4.69) is 52.3 Å². The zero-order valence-corrected chi connectivity index (χ0v) is 12.6. The van der Waals surface area contributed by atoms with Crippen molar-refractivity contribution in [3.05, 3.63) is 59.1 Å². The van der Waals surface area contributed by atoms with E-state index in [0.717, 1.165) is 26.9 Å². The number of hydrogen-bond acceptors (Lipinski definition) is 2. The van der Waals surface area contributed by atoms with Crippen LogP contribution in [0.5, 0.6) is 0 Å². The fourth-order valence-electron chi connectivity index (χ4n) is 3.15. The van der Waals surface area contributed by atoms with Crippen molar-refractivity contribution in [2.45, 2.75) is 0 Å². The number of benzene rings is 3. The van der Waals surface area contributed by atoms with Crippen LogP contribution in [0.1, 0.15) is 0 Å². The van der Waals surface area contributed by atoms with Gasteiger partial charge >= 0.3 is 0 Å². The van der Waals surface area contributed by atoms with Crippen molar-refractivity contribution in [1.29, 1.82) is 0 Å². The fraction of sp³-hybridized carbons (Fsp3) is 0. The van der Waals surface area contributed by atoms with Crippen LogP contribution in [0.2, 0.25) is 0 Å². The average Bonchev–Trinajstić information content (AvgIpc) is 2.83. The SMILES string of the molecule is Brc1cccc2nc3c(nc12)-c1cccc2cccc-3c12. The van der Waals surface area contributed by atoms with Crippen molar-refractivity contribution in [2.75, 3.05) is 0 Å². The molecule has 0 unspecified atom stereocenters. The molecule has 3 heteroatoms. The van der Waals surface area contributed by atoms with Crippen molar-refractivity contribution < 1.29 is 0 Å². The summed E-state index contributed by atoms with van der Waals surface area (Å²) in [5.74, 6) is 0. The molecular weight excluding hydrogens is 324 g/mol. The predicted octanol–water partition coefficient (Wildman–Crippen LogP) is 5.19. The van der Waals surface area contributed by atoms with Gasteiger partial charge < -0.3 is 0 Å². The highest BCUT2D eigenvalue weighted by Crippen LogP contribution is 2.45. The molecule has 98 valence electrons. The standard InChI is InChI=1S/C18H9BrN2/c19-13-8-3-9-14-18(13)21-17-12-7-2-5-10-4-1-6-11(15(10)12)16(17)20-14/h1-9H. The second-order valence-corrected chi connectivity index (χ2v) is 6.09. The zero-order valence-electron chi connectivity index (χ0n) is 11.0. The topological polar surface area (TPSA) is 25.8 Å². The molecule has 0 N–H and O–H groups in total. The normalized spacial score (nSPS) is 12.0. The van der Waals surface area contributed by atoms with Gasteiger partial charge in [0.15, 0.2) is 0 Å². The van der Waals surface area contributed by atoms with E-state index < -0.39 is 0 Å². The minimum absolute atomic E-state index is 0.918. The summed E-state index contributed by atoms with van der Waals surface area (Å²) in [6, 6.07) is 18.7. The number of fused-ring (bicyclic) bond motifs is 4. The highest BCUT2D eigenvalue weighted by Gasteiger charge is 2.24. The van der Waals surface area contributed by atoms with Crippen molar-refractivity contribution >= 4 is 37.7 Å². The lowest BCUT2D eigenvalue weighted by Gasteiger charge is -2.04. The van der Waals surface area contributed by atoms with Crippen LogP contribution in [-0.4, -0.2) is 9.97 Å². The number of nitrogens with zero attached hydrogens (tertiary/aromatic N) is 2. The molecule has 0 bridgehead atoms. The van der Waals surface area contributed by atoms with Crippen molar-refractivity contribution in [3.8, 4) is 22.5 Å². The molecule has 0 amide bonds. The minimum atomic E-state index is 0.918. The Hall–Kier alpha value is -2.26. The van der Waals surface area contributed by atoms with Crippen molar-refractivity contribution in [3.63, 3.8) is 0 Å². The summed E-state index contributed by atoms with van der Waals surface area (Å²) in [4.78, 5) is 9.75. The summed E-state index contributed by atoms with van der Waals surface area (Å²) in [7, 11) is 0. The molecule has 1 aliphatic carbocycles. The summed E-state index contributed by atoms with van der Waals surface area (Å²) in [6.07, 6.45) is 0. The van der Waals surface area contributed by atoms with Gasteiger partial charge in [-0.1, -0.05) is 42.5 Å². The van der Waals surface area contributed by atoms with Gasteiger partial charge in [-0.15, -0.1) is 0 Å². The number of rotatable bonds is 0. The summed E-state index contributed by atoms with van der Waals surface area (Å²) in [5.41, 5.74) is 6.19. The largest absolute Gasteiger partial charge is 0.244 e. The molecule has 0 saturated carbocycles. The smallest absolute Gasteiger partial charge is 0.104 e. The van der Waals surface area contributed by atoms with Crippen LogP contribution in [0.15, 0.2) is 59.1 Å². The van der Waals surface area contributed by atoms with Crippen molar-refractivity contribution in [2.24, 2.45) is 0 Å². The maximum absolute atomic E-state index is 4.89. The lowest BCUT2D eigenvalue weighted by Crippen LogP contribution is -1.90. The van der Waals surface area contributed by atoms with E-state index in [1.54, 1.807) is 0 Å². The quantitative estimate of drug-likeness (QED) is 0.390. The van der Waals surface area contributed by atoms with Gasteiger partial charge in [0, 0.05) is 21.0 Å². The van der Waals surface area contributed by atoms with E-state index >= 15 is 0 Å². The van der Waals surface area contributed by atoms with Gasteiger partial charge in [0.05, 0.1) is 16.9 Å². The van der Waals surface area contributed by atoms with E-state index in [1.807, 2.05) is 18.2 Å². The summed E-state index contributed by atoms with van der Waals surface area (Å²) < 4.78 is 0.985. The van der Waals surface area contributed by atoms with Crippen LogP contribution < -0.4 is 0 Å². The summed E-state index contributed by atoms with van der Waals surface area (Å²) in [5, 5.41) is 2.51. The Balaban J connectivity index is 2.01. The Morgan fingerprint density at radius 3 is 2.14 bits per heavy atom. The van der Waals surface area contributed by atoms with Gasteiger partial charge in [-0.25, -0.2) is 9.97 Å². The molecule has 5 rings (SSSR count). The van der Waals surface area contributed by atoms with Crippen LogP contribution in [0.25, 0.3) is 44.3 Å². The monoisotopic (exact) mass is 332 g/mol. The average molecular weight is 333 g/mol. The van der Waals surface area contributed by atoms with Gasteiger partial charge in [-0.2, -0.15) is 0 Å². The molecule has 0 fully saturated rings. The molecule has 0 aliphatic heterocycles. The summed E-state index contributed by atoms with van der Waals surface area (Å²) in [6.45, 7) is 0. The first-order chi connectivity index (χ1) is 10.3. The third-order valence-electron chi connectivity index (χ3n) is 4.06. The molecule has 1 aliphatic rings. The zero-order chi connectivity index (χ0) is 14.0. The third kappa shape index (κ3) is 1.41. The maximum Gasteiger partial charge on any atom is 0.104 e. The molecule has 21 heavy (non-hydrogen) atoms. The molecular formula is C18H9BrN2. The third-order valence-corrected chi connectivity index (χ3v) is 4.70. The number of para-hydroxylation sites is 1. The highest BCUT2D eigenvalue weighted by molar-refractivity contribution is 9.10. The molecule has 1 heterocycles. The Bertz CT molecular complexity index is 1050. The minimum Gasteiger partial charge on any atom is -0.244 e. The lowest BCUT2D eigenvalue weighted by molar-refractivity contribution is 1.31. The Kier molecular flexibility index (Phi) is 2.11. The Morgan fingerprint density at radius 2 is 1.38 bits per heavy atom. The van der Waals surface area contributed by atoms with E-state index in [-0.39, 0.29) is 0 Å². The fourth-order valence-corrected chi connectivity index (χ4v) is 3.60. The molecule has 0 spiro atoms. The van der Waals surface area contributed by atoms with Crippen LogP contribution in [0.4, 0.5) is 0 Å². The Morgan fingerprint density at radius 1 is 0.714 bits per heavy atom. The lowest BCUT2D eigenvalue weighted by atomic mass is 10.0. The van der Waals surface area contributed by atoms with Gasteiger partial charge in [-0.05, 0) is 33.4 Å². The van der Waals surface area contributed by atoms with E-state index in [4.69, 9.17) is 9.97 Å². The highest BCUT2D eigenvalue weighted by atomic mass is 79.9. The summed E-state index contributed by atoms with van der Waals surface area (Å²) >= 11 is 3.57. The molecule has 2 nitrogen and oxygen atoms in total. The van der Waals surface area contributed by atoms with E-state index in [0.29, 0.717) is 0 Å². The number of aromatic nitrogens is 2. The number of hydrogen-bond donors (Lipinski definition) is 0. The van der Waals surface area contributed by atoms with Gasteiger partial charge in [0.25, 0.3) is 0 Å². The van der Waals surface area contributed by atoms with E-state index in [9.17, 15) is 0 Å². The van der Waals surface area contributed by atoms with Crippen LogP contribution in [0, 0.1) is 0 Å². The van der Waals surface area contributed by atoms with E-state index in [1.165, 1.54) is 21.9 Å². The molecule has 1 aromatic heterocycles. The molecule has 4 aromatic rings. The van der Waals surface area contributed by atoms with Crippen LogP contribution in [0.3, 0.4) is 0 Å². The van der Waals surface area contributed by atoms with Crippen LogP contribution >= 0.6 is 15.9 Å². The van der Waals surface area contributed by atoms with Gasteiger partial charge in [0.1, 0.15) is 5.52 Å². The van der Waals surface area contributed by atoms with Crippen molar-refractivity contribution in [1.82, 2.24) is 9.97 Å². The first-order valence-corrected chi connectivity index (χ1v) is 7.61. The molecule has 3 aromatic carbocycles. The maximum atomic E-state index is 4.89. The molecule has 0 saturated heterocycles. The van der Waals surface area contributed by atoms with Gasteiger partial charge in [-0.3, -0.25) is 0 Å². The second-order valence-electron chi connectivity index (χ2n) is 5.24.